The van der Waals surface area contributed by atoms with Gasteiger partial charge in [0.05, 0.1) is 7.11 Å². The summed E-state index contributed by atoms with van der Waals surface area (Å²) in [6.07, 6.45) is 2.92. The molecule has 0 radical (unpaired) electrons. The van der Waals surface area contributed by atoms with Gasteiger partial charge in [0.15, 0.2) is 5.54 Å². The highest BCUT2D eigenvalue weighted by atomic mass is 16.5. The molecule has 6 nitrogen and oxygen atoms in total. The van der Waals surface area contributed by atoms with E-state index in [-0.39, 0.29) is 11.8 Å². The van der Waals surface area contributed by atoms with Gasteiger partial charge in [0.25, 0.3) is 11.8 Å². The van der Waals surface area contributed by atoms with Crippen molar-refractivity contribution in [2.45, 2.75) is 24.8 Å². The minimum absolute atomic E-state index is 0.147. The Morgan fingerprint density at radius 2 is 1.48 bits per heavy atom. The van der Waals surface area contributed by atoms with Gasteiger partial charge in [-0.25, -0.2) is 4.79 Å². The van der Waals surface area contributed by atoms with Crippen molar-refractivity contribution in [3.8, 4) is 0 Å². The molecule has 0 aliphatic rings. The Hall–Kier alpha value is -3.41. The first-order valence-electron chi connectivity index (χ1n) is 9.45. The van der Waals surface area contributed by atoms with E-state index in [1.54, 1.807) is 48.5 Å². The van der Waals surface area contributed by atoms with E-state index in [2.05, 4.69) is 17.2 Å². The number of esters is 1. The molecule has 2 N–H and O–H groups in total. The molecule has 0 spiro atoms. The van der Waals surface area contributed by atoms with Crippen molar-refractivity contribution in [1.82, 2.24) is 10.6 Å². The zero-order chi connectivity index (χ0) is 21.1. The van der Waals surface area contributed by atoms with Crippen LogP contribution in [-0.2, 0) is 9.53 Å². The van der Waals surface area contributed by atoms with Crippen LogP contribution in [0, 0.1) is 0 Å². The van der Waals surface area contributed by atoms with Crippen LogP contribution in [0.3, 0.4) is 0 Å². The molecule has 0 aliphatic heterocycles. The maximum Gasteiger partial charge on any atom is 0.335 e. The third-order valence-corrected chi connectivity index (χ3v) is 4.59. The summed E-state index contributed by atoms with van der Waals surface area (Å²) in [5.74, 6) is -1.11. The molecule has 0 unspecified atom stereocenters. The molecule has 2 rings (SSSR count). The van der Waals surface area contributed by atoms with E-state index in [1.807, 2.05) is 12.1 Å². The van der Waals surface area contributed by atoms with Crippen molar-refractivity contribution in [2.75, 3.05) is 13.7 Å². The van der Waals surface area contributed by atoms with Gasteiger partial charge in [-0.3, -0.25) is 9.59 Å². The van der Waals surface area contributed by atoms with Crippen LogP contribution in [0.25, 0.3) is 0 Å². The average molecular weight is 394 g/mol. The van der Waals surface area contributed by atoms with Crippen LogP contribution in [0.4, 0.5) is 0 Å². The molecule has 2 aromatic rings. The standard InChI is InChI=1S/C23H26N2O4/c1-3-23(22(28)29-2,25-21(27)19-14-8-5-9-15-19)16-10-11-17-24-20(26)18-12-6-4-7-13-18/h3-9,12-15H,1,10-11,16-17H2,2H3,(H,24,26)(H,25,27)/t23-/m0/s1. The van der Waals surface area contributed by atoms with E-state index in [1.165, 1.54) is 13.2 Å². The number of unbranched alkanes of at least 4 members (excludes halogenated alkanes) is 1. The van der Waals surface area contributed by atoms with Crippen LogP contribution >= 0.6 is 0 Å². The Morgan fingerprint density at radius 3 is 2.00 bits per heavy atom. The second-order valence-corrected chi connectivity index (χ2v) is 6.57. The molecule has 0 saturated heterocycles. The average Bonchev–Trinajstić information content (AvgIpc) is 2.78. The first-order valence-corrected chi connectivity index (χ1v) is 9.45. The number of benzene rings is 2. The summed E-state index contributed by atoms with van der Waals surface area (Å²) in [5, 5.41) is 5.60. The van der Waals surface area contributed by atoms with Gasteiger partial charge in [-0.15, -0.1) is 6.58 Å². The fourth-order valence-electron chi connectivity index (χ4n) is 2.92. The lowest BCUT2D eigenvalue weighted by Gasteiger charge is -2.29. The fourth-order valence-corrected chi connectivity index (χ4v) is 2.92. The van der Waals surface area contributed by atoms with Crippen molar-refractivity contribution in [3.63, 3.8) is 0 Å². The quantitative estimate of drug-likeness (QED) is 0.368. The fraction of sp³-hybridized carbons (Fsp3) is 0.261. The summed E-state index contributed by atoms with van der Waals surface area (Å²) in [6.45, 7) is 4.18. The smallest absolute Gasteiger partial charge is 0.335 e. The second-order valence-electron chi connectivity index (χ2n) is 6.57. The summed E-state index contributed by atoms with van der Waals surface area (Å²) in [6, 6.07) is 17.6. The number of ether oxygens (including phenoxy) is 1. The van der Waals surface area contributed by atoms with E-state index in [9.17, 15) is 14.4 Å². The van der Waals surface area contributed by atoms with Crippen LogP contribution in [-0.4, -0.2) is 37.0 Å². The van der Waals surface area contributed by atoms with E-state index in [0.717, 1.165) is 0 Å². The Morgan fingerprint density at radius 1 is 0.931 bits per heavy atom. The molecule has 0 saturated carbocycles. The van der Waals surface area contributed by atoms with Crippen molar-refractivity contribution in [1.29, 1.82) is 0 Å². The third-order valence-electron chi connectivity index (χ3n) is 4.59. The highest BCUT2D eigenvalue weighted by molar-refractivity contribution is 5.99. The first kappa shape index (κ1) is 21.9. The van der Waals surface area contributed by atoms with Crippen LogP contribution in [0.2, 0.25) is 0 Å². The number of methoxy groups -OCH3 is 1. The lowest BCUT2D eigenvalue weighted by atomic mass is 9.91. The van der Waals surface area contributed by atoms with Crippen molar-refractivity contribution >= 4 is 17.8 Å². The van der Waals surface area contributed by atoms with Gasteiger partial charge in [0.1, 0.15) is 0 Å². The van der Waals surface area contributed by atoms with Crippen molar-refractivity contribution < 1.29 is 19.1 Å². The summed E-state index contributed by atoms with van der Waals surface area (Å²) in [4.78, 5) is 37.0. The Labute approximate surface area is 171 Å². The zero-order valence-corrected chi connectivity index (χ0v) is 16.5. The van der Waals surface area contributed by atoms with E-state index in [0.29, 0.717) is 36.9 Å². The van der Waals surface area contributed by atoms with E-state index < -0.39 is 11.5 Å². The van der Waals surface area contributed by atoms with E-state index in [4.69, 9.17) is 4.74 Å². The number of amides is 2. The Bertz CT molecular complexity index is 836. The van der Waals surface area contributed by atoms with Crippen LogP contribution in [0.1, 0.15) is 40.0 Å². The molecule has 152 valence electrons. The summed E-state index contributed by atoms with van der Waals surface area (Å²) < 4.78 is 4.90. The Balaban J connectivity index is 1.92. The SMILES string of the molecule is C=C[C@@](CCCCNC(=O)c1ccccc1)(NC(=O)c1ccccc1)C(=O)OC. The largest absolute Gasteiger partial charge is 0.467 e. The van der Waals surface area contributed by atoms with Gasteiger partial charge in [-0.1, -0.05) is 42.5 Å². The van der Waals surface area contributed by atoms with Crippen molar-refractivity contribution in [3.05, 3.63) is 84.4 Å². The highest BCUT2D eigenvalue weighted by Gasteiger charge is 2.37. The number of carbonyl (C=O) groups is 3. The minimum Gasteiger partial charge on any atom is -0.467 e. The summed E-state index contributed by atoms with van der Waals surface area (Å²) in [7, 11) is 1.27. The van der Waals surface area contributed by atoms with Gasteiger partial charge >= 0.3 is 5.97 Å². The predicted molar refractivity (Wildman–Crippen MR) is 111 cm³/mol. The number of rotatable bonds is 10. The van der Waals surface area contributed by atoms with E-state index >= 15 is 0 Å². The van der Waals surface area contributed by atoms with Gasteiger partial charge < -0.3 is 15.4 Å². The lowest BCUT2D eigenvalue weighted by molar-refractivity contribution is -0.146. The molecule has 0 aliphatic carbocycles. The monoisotopic (exact) mass is 394 g/mol. The normalized spacial score (nSPS) is 12.3. The molecule has 0 fully saturated rings. The maximum atomic E-state index is 12.6. The molecule has 1 atom stereocenters. The van der Waals surface area contributed by atoms with Crippen LogP contribution < -0.4 is 10.6 Å². The number of nitrogens with one attached hydrogen (secondary N) is 2. The van der Waals surface area contributed by atoms with Gasteiger partial charge in [0.2, 0.25) is 0 Å². The minimum atomic E-state index is -1.33. The Kier molecular flexibility index (Phi) is 8.15. The number of hydrogen-bond donors (Lipinski definition) is 2. The topological polar surface area (TPSA) is 84.5 Å². The first-order chi connectivity index (χ1) is 14.0. The highest BCUT2D eigenvalue weighted by Crippen LogP contribution is 2.19. The molecule has 0 aromatic heterocycles. The maximum absolute atomic E-state index is 12.6. The molecular weight excluding hydrogens is 368 g/mol. The third kappa shape index (κ3) is 6.04. The zero-order valence-electron chi connectivity index (χ0n) is 16.5. The second kappa shape index (κ2) is 10.8. The van der Waals surface area contributed by atoms with Gasteiger partial charge in [-0.05, 0) is 43.5 Å². The van der Waals surface area contributed by atoms with Gasteiger partial charge in [0, 0.05) is 17.7 Å². The molecule has 0 heterocycles. The van der Waals surface area contributed by atoms with Crippen molar-refractivity contribution in [2.24, 2.45) is 0 Å². The van der Waals surface area contributed by atoms with Gasteiger partial charge in [-0.2, -0.15) is 0 Å². The molecule has 29 heavy (non-hydrogen) atoms. The van der Waals surface area contributed by atoms with Crippen LogP contribution in [0.5, 0.6) is 0 Å². The predicted octanol–water partition coefficient (Wildman–Crippen LogP) is 3.11. The van der Waals surface area contributed by atoms with Crippen LogP contribution in [0.15, 0.2) is 73.3 Å². The molecular formula is C23H26N2O4. The summed E-state index contributed by atoms with van der Waals surface area (Å²) in [5.41, 5.74) is -0.291. The summed E-state index contributed by atoms with van der Waals surface area (Å²) >= 11 is 0. The molecule has 2 aromatic carbocycles. The molecule has 6 heteroatoms. The molecule has 0 bridgehead atoms. The lowest BCUT2D eigenvalue weighted by Crippen LogP contribution is -2.53. The number of hydrogen-bond acceptors (Lipinski definition) is 4. The molecule has 2 amide bonds. The number of carbonyl (C=O) groups excluding carboxylic acids is 3.